The lowest BCUT2D eigenvalue weighted by Crippen LogP contribution is -1.99. The maximum Gasteiger partial charge on any atom is 0.269 e. The zero-order valence-electron chi connectivity index (χ0n) is 9.88. The molecule has 0 bridgehead atoms. The van der Waals surface area contributed by atoms with Crippen LogP contribution in [0.2, 0.25) is 5.02 Å². The van der Waals surface area contributed by atoms with E-state index in [0.29, 0.717) is 23.1 Å². The molecule has 5 nitrogen and oxygen atoms in total. The van der Waals surface area contributed by atoms with Crippen LogP contribution in [0.25, 0.3) is 0 Å². The Kier molecular flexibility index (Phi) is 3.99. The molecule has 2 N–H and O–H groups in total. The van der Waals surface area contributed by atoms with E-state index in [9.17, 15) is 10.1 Å². The second-order valence-electron chi connectivity index (χ2n) is 3.81. The average Bonchev–Trinajstić information content (AvgIpc) is 2.39. The van der Waals surface area contributed by atoms with Gasteiger partial charge in [-0.1, -0.05) is 17.7 Å². The SMILES string of the molecule is NCc1ccc(Cl)cc1Oc1ccc([N+](=O)[O-])cc1. The van der Waals surface area contributed by atoms with Crippen molar-refractivity contribution in [2.75, 3.05) is 0 Å². The summed E-state index contributed by atoms with van der Waals surface area (Å²) in [7, 11) is 0. The predicted octanol–water partition coefficient (Wildman–Crippen LogP) is 3.50. The minimum Gasteiger partial charge on any atom is -0.457 e. The lowest BCUT2D eigenvalue weighted by atomic mass is 10.2. The molecule has 6 heteroatoms. The zero-order valence-corrected chi connectivity index (χ0v) is 10.6. The Labute approximate surface area is 114 Å². The first-order valence-corrected chi connectivity index (χ1v) is 5.89. The summed E-state index contributed by atoms with van der Waals surface area (Å²) in [5.41, 5.74) is 6.43. The molecule has 0 fully saturated rings. The Balaban J connectivity index is 2.25. The van der Waals surface area contributed by atoms with Crippen LogP contribution < -0.4 is 10.5 Å². The third-order valence-corrected chi connectivity index (χ3v) is 2.76. The molecule has 2 aromatic carbocycles. The van der Waals surface area contributed by atoms with Gasteiger partial charge in [-0.25, -0.2) is 0 Å². The van der Waals surface area contributed by atoms with Gasteiger partial charge in [0.25, 0.3) is 5.69 Å². The Morgan fingerprint density at radius 1 is 1.21 bits per heavy atom. The molecular weight excluding hydrogens is 268 g/mol. The number of nitro groups is 1. The lowest BCUT2D eigenvalue weighted by molar-refractivity contribution is -0.384. The summed E-state index contributed by atoms with van der Waals surface area (Å²) in [6, 6.07) is 11.0. The summed E-state index contributed by atoms with van der Waals surface area (Å²) in [5, 5.41) is 11.1. The number of nitrogens with two attached hydrogens (primary N) is 1. The van der Waals surface area contributed by atoms with Crippen LogP contribution in [0.4, 0.5) is 5.69 Å². The molecule has 0 aliphatic rings. The quantitative estimate of drug-likeness (QED) is 0.686. The number of nitro benzene ring substituents is 1. The van der Waals surface area contributed by atoms with Gasteiger partial charge in [0.2, 0.25) is 0 Å². The fourth-order valence-corrected chi connectivity index (χ4v) is 1.72. The van der Waals surface area contributed by atoms with Crippen LogP contribution in [0, 0.1) is 10.1 Å². The molecule has 0 saturated carbocycles. The summed E-state index contributed by atoms with van der Waals surface area (Å²) < 4.78 is 5.63. The van der Waals surface area contributed by atoms with E-state index in [0.717, 1.165) is 5.56 Å². The molecule has 0 atom stereocenters. The van der Waals surface area contributed by atoms with Crippen LogP contribution in [-0.4, -0.2) is 4.92 Å². The summed E-state index contributed by atoms with van der Waals surface area (Å²) in [6.45, 7) is 0.319. The normalized spacial score (nSPS) is 10.2. The molecule has 98 valence electrons. The minimum atomic E-state index is -0.464. The third-order valence-electron chi connectivity index (χ3n) is 2.52. The minimum absolute atomic E-state index is 0.0116. The van der Waals surface area contributed by atoms with Gasteiger partial charge in [-0.05, 0) is 24.3 Å². The molecule has 0 aliphatic carbocycles. The molecular formula is C13H11ClN2O3. The second-order valence-corrected chi connectivity index (χ2v) is 4.25. The van der Waals surface area contributed by atoms with Crippen LogP contribution >= 0.6 is 11.6 Å². The maximum atomic E-state index is 10.5. The standard InChI is InChI=1S/C13H11ClN2O3/c14-10-2-1-9(8-15)13(7-10)19-12-5-3-11(4-6-12)16(17)18/h1-7H,8,15H2. The summed E-state index contributed by atoms with van der Waals surface area (Å²) in [4.78, 5) is 10.1. The molecule has 0 saturated heterocycles. The fourth-order valence-electron chi connectivity index (χ4n) is 1.55. The van der Waals surface area contributed by atoms with Crippen LogP contribution in [-0.2, 0) is 6.54 Å². The molecule has 0 unspecified atom stereocenters. The number of ether oxygens (including phenoxy) is 1. The van der Waals surface area contributed by atoms with E-state index in [1.54, 1.807) is 18.2 Å². The number of halogens is 1. The van der Waals surface area contributed by atoms with Crippen molar-refractivity contribution in [2.24, 2.45) is 5.73 Å². The molecule has 0 aliphatic heterocycles. The summed E-state index contributed by atoms with van der Waals surface area (Å²) in [6.07, 6.45) is 0. The van der Waals surface area contributed by atoms with E-state index in [1.165, 1.54) is 24.3 Å². The van der Waals surface area contributed by atoms with Crippen molar-refractivity contribution in [3.05, 3.63) is 63.2 Å². The molecule has 2 aromatic rings. The summed E-state index contributed by atoms with van der Waals surface area (Å²) >= 11 is 5.90. The summed E-state index contributed by atoms with van der Waals surface area (Å²) in [5.74, 6) is 1.03. The van der Waals surface area contributed by atoms with Gasteiger partial charge in [0.1, 0.15) is 11.5 Å². The van der Waals surface area contributed by atoms with Gasteiger partial charge < -0.3 is 10.5 Å². The number of nitrogens with zero attached hydrogens (tertiary/aromatic N) is 1. The second kappa shape index (κ2) is 5.69. The smallest absolute Gasteiger partial charge is 0.269 e. The van der Waals surface area contributed by atoms with Crippen molar-refractivity contribution in [3.63, 3.8) is 0 Å². The van der Waals surface area contributed by atoms with Crippen LogP contribution in [0.5, 0.6) is 11.5 Å². The fraction of sp³-hybridized carbons (Fsp3) is 0.0769. The monoisotopic (exact) mass is 278 g/mol. The third kappa shape index (κ3) is 3.21. The van der Waals surface area contributed by atoms with Crippen molar-refractivity contribution >= 4 is 17.3 Å². The first-order chi connectivity index (χ1) is 9.10. The van der Waals surface area contributed by atoms with Gasteiger partial charge >= 0.3 is 0 Å². The molecule has 0 heterocycles. The molecule has 2 rings (SSSR count). The van der Waals surface area contributed by atoms with E-state index < -0.39 is 4.92 Å². The zero-order chi connectivity index (χ0) is 13.8. The van der Waals surface area contributed by atoms with E-state index in [4.69, 9.17) is 22.1 Å². The van der Waals surface area contributed by atoms with E-state index >= 15 is 0 Å². The number of benzene rings is 2. The van der Waals surface area contributed by atoms with Crippen molar-refractivity contribution in [2.45, 2.75) is 6.54 Å². The van der Waals surface area contributed by atoms with Crippen LogP contribution in [0.3, 0.4) is 0 Å². The highest BCUT2D eigenvalue weighted by molar-refractivity contribution is 6.30. The first-order valence-electron chi connectivity index (χ1n) is 5.51. The number of hydrogen-bond acceptors (Lipinski definition) is 4. The van der Waals surface area contributed by atoms with Gasteiger partial charge in [0.15, 0.2) is 0 Å². The van der Waals surface area contributed by atoms with Crippen molar-refractivity contribution in [3.8, 4) is 11.5 Å². The average molecular weight is 279 g/mol. The lowest BCUT2D eigenvalue weighted by Gasteiger charge is -2.10. The van der Waals surface area contributed by atoms with Gasteiger partial charge in [0, 0.05) is 29.3 Å². The van der Waals surface area contributed by atoms with Crippen molar-refractivity contribution in [1.29, 1.82) is 0 Å². The van der Waals surface area contributed by atoms with Gasteiger partial charge in [0.05, 0.1) is 4.92 Å². The van der Waals surface area contributed by atoms with Crippen molar-refractivity contribution < 1.29 is 9.66 Å². The largest absolute Gasteiger partial charge is 0.457 e. The molecule has 0 amide bonds. The van der Waals surface area contributed by atoms with E-state index in [2.05, 4.69) is 0 Å². The predicted molar refractivity (Wildman–Crippen MR) is 72.5 cm³/mol. The first kappa shape index (κ1) is 13.3. The Morgan fingerprint density at radius 3 is 2.47 bits per heavy atom. The van der Waals surface area contributed by atoms with Crippen LogP contribution in [0.1, 0.15) is 5.56 Å². The topological polar surface area (TPSA) is 78.4 Å². The van der Waals surface area contributed by atoms with Crippen LogP contribution in [0.15, 0.2) is 42.5 Å². The highest BCUT2D eigenvalue weighted by Gasteiger charge is 2.07. The van der Waals surface area contributed by atoms with Crippen molar-refractivity contribution in [1.82, 2.24) is 0 Å². The van der Waals surface area contributed by atoms with E-state index in [-0.39, 0.29) is 5.69 Å². The number of non-ortho nitro benzene ring substituents is 1. The molecule has 0 aromatic heterocycles. The molecule has 0 radical (unpaired) electrons. The molecule has 19 heavy (non-hydrogen) atoms. The maximum absolute atomic E-state index is 10.5. The van der Waals surface area contributed by atoms with Gasteiger partial charge in [-0.3, -0.25) is 10.1 Å². The Hall–Kier alpha value is -2.11. The van der Waals surface area contributed by atoms with E-state index in [1.807, 2.05) is 0 Å². The Bertz CT molecular complexity index is 599. The number of hydrogen-bond donors (Lipinski definition) is 1. The highest BCUT2D eigenvalue weighted by atomic mass is 35.5. The number of rotatable bonds is 4. The Morgan fingerprint density at radius 2 is 1.89 bits per heavy atom. The van der Waals surface area contributed by atoms with Gasteiger partial charge in [-0.2, -0.15) is 0 Å². The van der Waals surface area contributed by atoms with Gasteiger partial charge in [-0.15, -0.1) is 0 Å². The molecule has 0 spiro atoms. The highest BCUT2D eigenvalue weighted by Crippen LogP contribution is 2.29.